The molecule has 0 fully saturated rings. The quantitative estimate of drug-likeness (QED) is 0.348. The summed E-state index contributed by atoms with van der Waals surface area (Å²) in [6, 6.07) is 6.17. The minimum Gasteiger partial charge on any atom is -0.265 e. The predicted molar refractivity (Wildman–Crippen MR) is 100 cm³/mol. The third kappa shape index (κ3) is 4.64. The van der Waals surface area contributed by atoms with Crippen LogP contribution in [0.25, 0.3) is 0 Å². The van der Waals surface area contributed by atoms with Gasteiger partial charge in [0.25, 0.3) is 11.2 Å². The molecule has 0 atom stereocenters. The van der Waals surface area contributed by atoms with Crippen molar-refractivity contribution in [3.63, 3.8) is 0 Å². The molecule has 0 N–H and O–H groups in total. The largest absolute Gasteiger partial charge is 0.297 e. The van der Waals surface area contributed by atoms with Crippen LogP contribution in [0.1, 0.15) is 32.0 Å². The summed E-state index contributed by atoms with van der Waals surface area (Å²) in [7, 11) is 0. The van der Waals surface area contributed by atoms with Gasteiger partial charge in [-0.1, -0.05) is 44.7 Å². The fourth-order valence-electron chi connectivity index (χ4n) is 1.95. The Bertz CT molecular complexity index is 861. The molecule has 8 nitrogen and oxygen atoms in total. The van der Waals surface area contributed by atoms with Gasteiger partial charge in [-0.05, 0) is 12.3 Å². The van der Waals surface area contributed by atoms with Crippen LogP contribution in [0.3, 0.4) is 0 Å². The van der Waals surface area contributed by atoms with Crippen molar-refractivity contribution in [2.24, 2.45) is 5.10 Å². The Morgan fingerprint density at radius 2 is 1.92 bits per heavy atom. The number of nitro benzene ring substituents is 1. The monoisotopic (exact) mass is 383 g/mol. The van der Waals surface area contributed by atoms with Gasteiger partial charge in [-0.15, -0.1) is 22.6 Å². The molecule has 2 aromatic rings. The maximum absolute atomic E-state index is 12.6. The van der Waals surface area contributed by atoms with E-state index < -0.39 is 15.9 Å². The first-order valence-corrected chi connectivity index (χ1v) is 8.30. The summed E-state index contributed by atoms with van der Waals surface area (Å²) in [6.45, 7) is 5.56. The molecule has 1 aromatic heterocycles. The summed E-state index contributed by atoms with van der Waals surface area (Å²) in [6.07, 6.45) is 3.03. The minimum atomic E-state index is -0.495. The maximum atomic E-state index is 12.6. The van der Waals surface area contributed by atoms with E-state index in [0.29, 0.717) is 10.7 Å². The number of para-hydroxylation sites is 1. The number of rotatable bonds is 4. The maximum Gasteiger partial charge on any atom is 0.297 e. The highest BCUT2D eigenvalue weighted by atomic mass is 35.5. The zero-order valence-electron chi connectivity index (χ0n) is 14.2. The van der Waals surface area contributed by atoms with Crippen LogP contribution in [0.5, 0.6) is 0 Å². The number of benzene rings is 1. The summed E-state index contributed by atoms with van der Waals surface area (Å²) in [5, 5.41) is 23.5. The van der Waals surface area contributed by atoms with Crippen molar-refractivity contribution in [1.29, 1.82) is 0 Å². The lowest BCUT2D eigenvalue weighted by molar-refractivity contribution is -0.385. The fraction of sp³-hybridized carbons (Fsp3) is 0.333. The summed E-state index contributed by atoms with van der Waals surface area (Å²) >= 11 is 1.22. The van der Waals surface area contributed by atoms with Crippen LogP contribution in [-0.4, -0.2) is 32.3 Å². The molecule has 1 heterocycles. The fourth-order valence-corrected chi connectivity index (χ4v) is 2.37. The van der Waals surface area contributed by atoms with Gasteiger partial charge in [0.15, 0.2) is 0 Å². The van der Waals surface area contributed by atoms with E-state index in [2.05, 4.69) is 15.3 Å². The van der Waals surface area contributed by atoms with E-state index in [-0.39, 0.29) is 23.8 Å². The number of nitrogens with zero attached hydrogens (tertiary/aromatic N) is 5. The number of thioether (sulfide) groups is 1. The van der Waals surface area contributed by atoms with Gasteiger partial charge in [-0.2, -0.15) is 9.78 Å². The summed E-state index contributed by atoms with van der Waals surface area (Å²) in [5.74, 6) is 0. The molecule has 0 aliphatic carbocycles. The highest BCUT2D eigenvalue weighted by molar-refractivity contribution is 7.98. The van der Waals surface area contributed by atoms with E-state index >= 15 is 0 Å². The molecular formula is C15H18ClN5O3S. The molecule has 1 aromatic carbocycles. The number of halogens is 1. The molecule has 0 radical (unpaired) electrons. The van der Waals surface area contributed by atoms with E-state index in [1.165, 1.54) is 24.0 Å². The normalized spacial score (nSPS) is 11.4. The number of hydrogen-bond donors (Lipinski definition) is 0. The second-order valence-corrected chi connectivity index (χ2v) is 6.74. The molecule has 134 valence electrons. The number of nitro groups is 1. The predicted octanol–water partition coefficient (Wildman–Crippen LogP) is 2.87. The molecule has 0 aliphatic rings. The van der Waals surface area contributed by atoms with E-state index in [1.807, 2.05) is 20.8 Å². The molecule has 0 spiro atoms. The van der Waals surface area contributed by atoms with Gasteiger partial charge in [0.05, 0.1) is 16.7 Å². The van der Waals surface area contributed by atoms with Crippen molar-refractivity contribution in [3.8, 4) is 0 Å². The van der Waals surface area contributed by atoms with Crippen molar-refractivity contribution in [3.05, 3.63) is 56.0 Å². The Morgan fingerprint density at radius 1 is 1.28 bits per heavy atom. The summed E-state index contributed by atoms with van der Waals surface area (Å²) in [4.78, 5) is 23.2. The van der Waals surface area contributed by atoms with E-state index in [4.69, 9.17) is 0 Å². The van der Waals surface area contributed by atoms with Crippen molar-refractivity contribution in [2.75, 3.05) is 6.26 Å². The molecule has 2 rings (SSSR count). The van der Waals surface area contributed by atoms with Gasteiger partial charge in [0.1, 0.15) is 5.69 Å². The zero-order valence-corrected chi connectivity index (χ0v) is 15.8. The van der Waals surface area contributed by atoms with Crippen LogP contribution < -0.4 is 5.56 Å². The van der Waals surface area contributed by atoms with Crippen LogP contribution in [0.15, 0.2) is 39.3 Å². The van der Waals surface area contributed by atoms with Crippen LogP contribution in [0, 0.1) is 10.1 Å². The highest BCUT2D eigenvalue weighted by Crippen LogP contribution is 2.18. The van der Waals surface area contributed by atoms with Crippen molar-refractivity contribution >= 4 is 36.1 Å². The SMILES string of the molecule is CSc1nnc(C(C)(C)C)c(=O)n1/N=C/c1ccccc1[N+](=O)[O-].Cl. The lowest BCUT2D eigenvalue weighted by Crippen LogP contribution is -2.32. The van der Waals surface area contributed by atoms with Crippen LogP contribution in [0.4, 0.5) is 5.69 Å². The van der Waals surface area contributed by atoms with E-state index in [9.17, 15) is 14.9 Å². The number of hydrogen-bond acceptors (Lipinski definition) is 7. The Morgan fingerprint density at radius 3 is 2.48 bits per heavy atom. The van der Waals surface area contributed by atoms with Crippen LogP contribution >= 0.6 is 24.2 Å². The Labute approximate surface area is 154 Å². The molecular weight excluding hydrogens is 366 g/mol. The smallest absolute Gasteiger partial charge is 0.265 e. The third-order valence-corrected chi connectivity index (χ3v) is 3.77. The van der Waals surface area contributed by atoms with E-state index in [1.54, 1.807) is 24.5 Å². The lowest BCUT2D eigenvalue weighted by atomic mass is 9.93. The molecule has 0 unspecified atom stereocenters. The molecule has 0 saturated heterocycles. The first kappa shape index (κ1) is 20.8. The van der Waals surface area contributed by atoms with Gasteiger partial charge in [0.2, 0.25) is 5.16 Å². The topological polar surface area (TPSA) is 103 Å². The molecule has 0 bridgehead atoms. The van der Waals surface area contributed by atoms with Gasteiger partial charge >= 0.3 is 0 Å². The van der Waals surface area contributed by atoms with E-state index in [0.717, 1.165) is 4.68 Å². The first-order valence-electron chi connectivity index (χ1n) is 7.07. The Hall–Kier alpha value is -2.26. The van der Waals surface area contributed by atoms with Gasteiger partial charge in [0, 0.05) is 11.5 Å². The third-order valence-electron chi connectivity index (χ3n) is 3.15. The molecule has 0 aliphatic heterocycles. The average Bonchev–Trinajstić information content (AvgIpc) is 2.52. The van der Waals surface area contributed by atoms with Gasteiger partial charge in [-0.25, -0.2) is 0 Å². The highest BCUT2D eigenvalue weighted by Gasteiger charge is 2.23. The molecule has 0 saturated carbocycles. The molecule has 25 heavy (non-hydrogen) atoms. The average molecular weight is 384 g/mol. The van der Waals surface area contributed by atoms with Crippen molar-refractivity contribution in [2.45, 2.75) is 31.3 Å². The standard InChI is InChI=1S/C15H17N5O3S.ClH/c1-15(2,3)12-13(21)19(14(24-4)18-17-12)16-9-10-7-5-6-8-11(10)20(22)23;/h5-9H,1-4H3;1H/b16-9+;. The van der Waals surface area contributed by atoms with Crippen molar-refractivity contribution < 1.29 is 4.92 Å². The van der Waals surface area contributed by atoms with Crippen LogP contribution in [-0.2, 0) is 5.41 Å². The summed E-state index contributed by atoms with van der Waals surface area (Å²) in [5.41, 5.74) is -0.387. The minimum absolute atomic E-state index is 0. The van der Waals surface area contributed by atoms with Gasteiger partial charge < -0.3 is 0 Å². The zero-order chi connectivity index (χ0) is 17.9. The van der Waals surface area contributed by atoms with Crippen molar-refractivity contribution in [1.82, 2.24) is 14.9 Å². The molecule has 0 amide bonds. The van der Waals surface area contributed by atoms with Gasteiger partial charge in [-0.3, -0.25) is 14.9 Å². The van der Waals surface area contributed by atoms with Crippen LogP contribution in [0.2, 0.25) is 0 Å². The number of aromatic nitrogens is 3. The first-order chi connectivity index (χ1) is 11.3. The lowest BCUT2D eigenvalue weighted by Gasteiger charge is -2.16. The second-order valence-electron chi connectivity index (χ2n) is 5.96. The molecule has 10 heteroatoms. The Kier molecular flexibility index (Phi) is 6.83. The Balaban J connectivity index is 0.00000312. The summed E-state index contributed by atoms with van der Waals surface area (Å²) < 4.78 is 1.12. The second kappa shape index (κ2) is 8.21.